The van der Waals surface area contributed by atoms with Gasteiger partial charge in [0, 0.05) is 18.8 Å². The molecule has 1 saturated heterocycles. The van der Waals surface area contributed by atoms with Crippen molar-refractivity contribution < 1.29 is 4.79 Å². The van der Waals surface area contributed by atoms with Crippen LogP contribution in [-0.4, -0.2) is 28.4 Å². The van der Waals surface area contributed by atoms with E-state index in [2.05, 4.69) is 11.9 Å². The molecule has 1 aliphatic rings. The number of carbonyl (C=O) groups excluding carboxylic acids is 1. The first-order valence-corrected chi connectivity index (χ1v) is 6.21. The van der Waals surface area contributed by atoms with E-state index in [4.69, 9.17) is 5.73 Å². The number of likely N-dealkylation sites (tertiary alicyclic amines) is 1. The summed E-state index contributed by atoms with van der Waals surface area (Å²) >= 11 is 0. The molecule has 0 spiro atoms. The van der Waals surface area contributed by atoms with Crippen molar-refractivity contribution >= 4 is 11.6 Å². The molecule has 1 aromatic heterocycles. The van der Waals surface area contributed by atoms with E-state index in [1.54, 1.807) is 18.3 Å². The fourth-order valence-corrected chi connectivity index (χ4v) is 2.31. The van der Waals surface area contributed by atoms with Crippen LogP contribution in [0.5, 0.6) is 0 Å². The number of hydrogen-bond acceptors (Lipinski definition) is 3. The summed E-state index contributed by atoms with van der Waals surface area (Å²) in [4.78, 5) is 18.4. The largest absolute Gasteiger partial charge is 0.397 e. The Morgan fingerprint density at radius 3 is 3.06 bits per heavy atom. The first kappa shape index (κ1) is 11.9. The average molecular weight is 233 g/mol. The Hall–Kier alpha value is -1.58. The topological polar surface area (TPSA) is 59.2 Å². The lowest BCUT2D eigenvalue weighted by Crippen LogP contribution is -2.39. The van der Waals surface area contributed by atoms with Gasteiger partial charge in [0.25, 0.3) is 5.91 Å². The number of anilines is 1. The summed E-state index contributed by atoms with van der Waals surface area (Å²) in [6, 6.07) is 3.76. The first-order valence-electron chi connectivity index (χ1n) is 6.21. The van der Waals surface area contributed by atoms with Gasteiger partial charge in [-0.2, -0.15) is 0 Å². The third kappa shape index (κ3) is 2.57. The van der Waals surface area contributed by atoms with Crippen molar-refractivity contribution in [1.29, 1.82) is 0 Å². The van der Waals surface area contributed by atoms with Crippen molar-refractivity contribution in [1.82, 2.24) is 9.88 Å². The normalized spacial score (nSPS) is 21.0. The Bertz CT molecular complexity index is 405. The minimum atomic E-state index is -0.0301. The van der Waals surface area contributed by atoms with E-state index in [0.717, 1.165) is 19.4 Å². The van der Waals surface area contributed by atoms with Crippen LogP contribution in [0.3, 0.4) is 0 Å². The third-order valence-electron chi connectivity index (χ3n) is 3.36. The average Bonchev–Trinajstić information content (AvgIpc) is 2.54. The van der Waals surface area contributed by atoms with E-state index in [9.17, 15) is 4.79 Å². The molecule has 1 amide bonds. The third-order valence-corrected chi connectivity index (χ3v) is 3.36. The number of nitrogens with zero attached hydrogens (tertiary/aromatic N) is 2. The summed E-state index contributed by atoms with van der Waals surface area (Å²) in [5.41, 5.74) is 6.66. The van der Waals surface area contributed by atoms with Crippen LogP contribution in [0, 0.1) is 0 Å². The fourth-order valence-electron chi connectivity index (χ4n) is 2.31. The van der Waals surface area contributed by atoms with Crippen molar-refractivity contribution in [3.05, 3.63) is 24.0 Å². The minimum Gasteiger partial charge on any atom is -0.397 e. The van der Waals surface area contributed by atoms with Crippen molar-refractivity contribution in [3.8, 4) is 0 Å². The Morgan fingerprint density at radius 2 is 2.29 bits per heavy atom. The maximum absolute atomic E-state index is 12.4. The van der Waals surface area contributed by atoms with E-state index in [-0.39, 0.29) is 11.9 Å². The van der Waals surface area contributed by atoms with Crippen LogP contribution >= 0.6 is 0 Å². The second-order valence-electron chi connectivity index (χ2n) is 4.64. The van der Waals surface area contributed by atoms with Crippen molar-refractivity contribution in [3.63, 3.8) is 0 Å². The number of aromatic nitrogens is 1. The maximum atomic E-state index is 12.4. The molecule has 2 rings (SSSR count). The minimum absolute atomic E-state index is 0.0301. The lowest BCUT2D eigenvalue weighted by atomic mass is 10.1. The molecule has 2 heterocycles. The Kier molecular flexibility index (Phi) is 3.61. The monoisotopic (exact) mass is 233 g/mol. The number of amides is 1. The molecule has 1 fully saturated rings. The standard InChI is InChI=1S/C13H19N3O/c1-10-6-3-2-4-9-16(10)13(17)12-11(14)7-5-8-15-12/h5,7-8,10H,2-4,6,9,14H2,1H3. The van der Waals surface area contributed by atoms with Crippen molar-refractivity contribution in [2.45, 2.75) is 38.6 Å². The zero-order chi connectivity index (χ0) is 12.3. The smallest absolute Gasteiger partial charge is 0.274 e. The molecule has 0 radical (unpaired) electrons. The molecule has 0 bridgehead atoms. The van der Waals surface area contributed by atoms with Gasteiger partial charge in [-0.15, -0.1) is 0 Å². The van der Waals surface area contributed by atoms with Gasteiger partial charge < -0.3 is 10.6 Å². The highest BCUT2D eigenvalue weighted by atomic mass is 16.2. The molecule has 1 atom stereocenters. The predicted octanol–water partition coefficient (Wildman–Crippen LogP) is 2.07. The maximum Gasteiger partial charge on any atom is 0.274 e. The van der Waals surface area contributed by atoms with Crippen LogP contribution in [0.25, 0.3) is 0 Å². The molecule has 2 N–H and O–H groups in total. The number of pyridine rings is 1. The summed E-state index contributed by atoms with van der Waals surface area (Å²) in [5.74, 6) is -0.0301. The fraction of sp³-hybridized carbons (Fsp3) is 0.538. The number of nitrogen functional groups attached to an aromatic ring is 1. The summed E-state index contributed by atoms with van der Waals surface area (Å²) in [6.07, 6.45) is 6.15. The highest BCUT2D eigenvalue weighted by molar-refractivity contribution is 5.97. The zero-order valence-corrected chi connectivity index (χ0v) is 10.2. The summed E-state index contributed by atoms with van der Waals surface area (Å²) in [7, 11) is 0. The number of nitrogens with two attached hydrogens (primary N) is 1. The van der Waals surface area contributed by atoms with Gasteiger partial charge in [0.15, 0.2) is 5.69 Å². The molecule has 1 aliphatic heterocycles. The Balaban J connectivity index is 2.21. The van der Waals surface area contributed by atoms with Gasteiger partial charge in [-0.05, 0) is 31.9 Å². The SMILES string of the molecule is CC1CCCCCN1C(=O)c1ncccc1N. The molecule has 92 valence electrons. The Morgan fingerprint density at radius 1 is 1.47 bits per heavy atom. The number of carbonyl (C=O) groups is 1. The molecular weight excluding hydrogens is 214 g/mol. The van der Waals surface area contributed by atoms with Crippen molar-refractivity contribution in [2.24, 2.45) is 0 Å². The van der Waals surface area contributed by atoms with Gasteiger partial charge in [-0.3, -0.25) is 4.79 Å². The van der Waals surface area contributed by atoms with Crippen LogP contribution in [0.1, 0.15) is 43.1 Å². The highest BCUT2D eigenvalue weighted by Gasteiger charge is 2.24. The lowest BCUT2D eigenvalue weighted by molar-refractivity contribution is 0.0693. The second kappa shape index (κ2) is 5.17. The van der Waals surface area contributed by atoms with Gasteiger partial charge in [0.1, 0.15) is 0 Å². The van der Waals surface area contributed by atoms with E-state index < -0.39 is 0 Å². The van der Waals surface area contributed by atoms with Crippen LogP contribution < -0.4 is 5.73 Å². The van der Waals surface area contributed by atoms with Gasteiger partial charge in [-0.1, -0.05) is 12.8 Å². The van der Waals surface area contributed by atoms with E-state index in [0.29, 0.717) is 11.4 Å². The zero-order valence-electron chi connectivity index (χ0n) is 10.2. The van der Waals surface area contributed by atoms with E-state index in [1.165, 1.54) is 12.8 Å². The van der Waals surface area contributed by atoms with Crippen molar-refractivity contribution in [2.75, 3.05) is 12.3 Å². The summed E-state index contributed by atoms with van der Waals surface area (Å²) < 4.78 is 0. The van der Waals surface area contributed by atoms with E-state index >= 15 is 0 Å². The van der Waals surface area contributed by atoms with Gasteiger partial charge >= 0.3 is 0 Å². The quantitative estimate of drug-likeness (QED) is 0.807. The number of hydrogen-bond donors (Lipinski definition) is 1. The highest BCUT2D eigenvalue weighted by Crippen LogP contribution is 2.20. The second-order valence-corrected chi connectivity index (χ2v) is 4.64. The number of rotatable bonds is 1. The van der Waals surface area contributed by atoms with Gasteiger partial charge in [-0.25, -0.2) is 4.98 Å². The van der Waals surface area contributed by atoms with Crippen LogP contribution in [-0.2, 0) is 0 Å². The predicted molar refractivity (Wildman–Crippen MR) is 67.6 cm³/mol. The molecule has 4 heteroatoms. The summed E-state index contributed by atoms with van der Waals surface area (Å²) in [5, 5.41) is 0. The Labute approximate surface area is 102 Å². The molecule has 4 nitrogen and oxygen atoms in total. The molecule has 0 aromatic carbocycles. The van der Waals surface area contributed by atoms with Crippen LogP contribution in [0.2, 0.25) is 0 Å². The molecule has 0 aliphatic carbocycles. The summed E-state index contributed by atoms with van der Waals surface area (Å²) in [6.45, 7) is 2.92. The lowest BCUT2D eigenvalue weighted by Gasteiger charge is -2.27. The molecule has 17 heavy (non-hydrogen) atoms. The van der Waals surface area contributed by atoms with Crippen LogP contribution in [0.4, 0.5) is 5.69 Å². The molecule has 1 aromatic rings. The molecule has 1 unspecified atom stereocenters. The first-order chi connectivity index (χ1) is 8.20. The molecule has 0 saturated carbocycles. The van der Waals surface area contributed by atoms with Crippen LogP contribution in [0.15, 0.2) is 18.3 Å². The van der Waals surface area contributed by atoms with Gasteiger partial charge in [0.2, 0.25) is 0 Å². The molecular formula is C13H19N3O. The van der Waals surface area contributed by atoms with E-state index in [1.807, 2.05) is 4.90 Å². The van der Waals surface area contributed by atoms with Gasteiger partial charge in [0.05, 0.1) is 5.69 Å².